The Balaban J connectivity index is 3.00. The quantitative estimate of drug-likeness (QED) is 0.185. The number of carbonyl (C=O) groups is 2. The van der Waals surface area contributed by atoms with E-state index in [9.17, 15) is 9.59 Å². The summed E-state index contributed by atoms with van der Waals surface area (Å²) < 4.78 is 0. The van der Waals surface area contributed by atoms with Gasteiger partial charge in [0.25, 0.3) is 0 Å². The summed E-state index contributed by atoms with van der Waals surface area (Å²) in [5.41, 5.74) is 0. The van der Waals surface area contributed by atoms with E-state index >= 15 is 0 Å². The summed E-state index contributed by atoms with van der Waals surface area (Å²) in [7, 11) is 0. The van der Waals surface area contributed by atoms with Crippen molar-refractivity contribution in [1.29, 1.82) is 0 Å². The van der Waals surface area contributed by atoms with Gasteiger partial charge >= 0.3 is 11.9 Å². The van der Waals surface area contributed by atoms with E-state index < -0.39 is 11.9 Å². The second-order valence-corrected chi connectivity index (χ2v) is 5.35. The van der Waals surface area contributed by atoms with E-state index in [0.717, 1.165) is 58.8 Å². The first kappa shape index (κ1) is 21.8. The van der Waals surface area contributed by atoms with Gasteiger partial charge in [0.2, 0.25) is 0 Å². The number of aliphatic carboxylic acids is 2. The van der Waals surface area contributed by atoms with Crippen molar-refractivity contribution in [3.05, 3.63) is 0 Å². The molecule has 0 radical (unpaired) electrons. The summed E-state index contributed by atoms with van der Waals surface area (Å²) >= 11 is 0. The molecule has 0 aromatic rings. The lowest BCUT2D eigenvalue weighted by Gasteiger charge is -2.08. The highest BCUT2D eigenvalue weighted by molar-refractivity contribution is 5.66. The molecule has 0 atom stereocenters. The molecule has 0 spiro atoms. The van der Waals surface area contributed by atoms with Crippen LogP contribution in [0.4, 0.5) is 0 Å². The second-order valence-electron chi connectivity index (χ2n) is 5.35. The van der Waals surface area contributed by atoms with E-state index in [2.05, 4.69) is 21.3 Å². The number of carboxylic acid groups (broad SMARTS) is 2. The van der Waals surface area contributed by atoms with E-state index in [1.165, 1.54) is 0 Å². The van der Waals surface area contributed by atoms with Crippen LogP contribution in [0.1, 0.15) is 32.1 Å². The van der Waals surface area contributed by atoms with Gasteiger partial charge in [0.15, 0.2) is 0 Å². The first-order valence-corrected chi connectivity index (χ1v) is 8.39. The third-order valence-electron chi connectivity index (χ3n) is 3.15. The Hall–Kier alpha value is -1.22. The molecule has 0 amide bonds. The zero-order valence-electron chi connectivity index (χ0n) is 13.9. The van der Waals surface area contributed by atoms with Gasteiger partial charge < -0.3 is 31.5 Å². The van der Waals surface area contributed by atoms with Gasteiger partial charge in [-0.2, -0.15) is 0 Å². The summed E-state index contributed by atoms with van der Waals surface area (Å²) in [5, 5.41) is 30.0. The molecule has 0 aliphatic rings. The first-order chi connectivity index (χ1) is 11.1. The van der Waals surface area contributed by atoms with Crippen LogP contribution < -0.4 is 21.3 Å². The van der Waals surface area contributed by atoms with Gasteiger partial charge in [0.05, 0.1) is 0 Å². The van der Waals surface area contributed by atoms with Gasteiger partial charge in [-0.25, -0.2) is 0 Å². The predicted octanol–water partition coefficient (Wildman–Crippen LogP) is -0.535. The molecule has 0 aliphatic carbocycles. The summed E-state index contributed by atoms with van der Waals surface area (Å²) in [4.78, 5) is 20.6. The van der Waals surface area contributed by atoms with Gasteiger partial charge in [-0.3, -0.25) is 9.59 Å². The minimum atomic E-state index is -0.743. The third kappa shape index (κ3) is 20.8. The minimum Gasteiger partial charge on any atom is -0.481 e. The Morgan fingerprint density at radius 1 is 0.522 bits per heavy atom. The van der Waals surface area contributed by atoms with Gasteiger partial charge in [-0.05, 0) is 45.4 Å². The molecule has 0 heterocycles. The molecule has 136 valence electrons. The monoisotopic (exact) mass is 332 g/mol. The van der Waals surface area contributed by atoms with Crippen LogP contribution in [0.3, 0.4) is 0 Å². The van der Waals surface area contributed by atoms with Crippen LogP contribution in [0.5, 0.6) is 0 Å². The number of hydrogen-bond donors (Lipinski definition) is 6. The fraction of sp³-hybridized carbons (Fsp3) is 0.867. The Kier molecular flexibility index (Phi) is 16.2. The van der Waals surface area contributed by atoms with Crippen LogP contribution >= 0.6 is 0 Å². The number of nitrogens with one attached hydrogen (secondary N) is 4. The van der Waals surface area contributed by atoms with Gasteiger partial charge in [0, 0.05) is 39.0 Å². The van der Waals surface area contributed by atoms with Crippen molar-refractivity contribution in [2.24, 2.45) is 0 Å². The average Bonchev–Trinajstić information content (AvgIpc) is 2.49. The molecule has 0 aliphatic heterocycles. The van der Waals surface area contributed by atoms with Crippen molar-refractivity contribution in [3.8, 4) is 0 Å². The Morgan fingerprint density at radius 3 is 1.13 bits per heavy atom. The molecule has 6 N–H and O–H groups in total. The molecule has 23 heavy (non-hydrogen) atoms. The second kappa shape index (κ2) is 17.1. The van der Waals surface area contributed by atoms with Crippen molar-refractivity contribution in [3.63, 3.8) is 0 Å². The molecule has 0 bridgehead atoms. The molecule has 0 saturated carbocycles. The topological polar surface area (TPSA) is 123 Å². The van der Waals surface area contributed by atoms with E-state index in [0.29, 0.717) is 12.8 Å². The Morgan fingerprint density at radius 2 is 0.826 bits per heavy atom. The van der Waals surface area contributed by atoms with Crippen molar-refractivity contribution in [2.45, 2.75) is 32.1 Å². The van der Waals surface area contributed by atoms with Crippen LogP contribution in [-0.2, 0) is 9.59 Å². The fourth-order valence-electron chi connectivity index (χ4n) is 1.92. The molecular formula is C15H32N4O4. The van der Waals surface area contributed by atoms with Crippen molar-refractivity contribution >= 4 is 11.9 Å². The van der Waals surface area contributed by atoms with Gasteiger partial charge in [0.1, 0.15) is 0 Å². The van der Waals surface area contributed by atoms with Crippen LogP contribution in [0.25, 0.3) is 0 Å². The SMILES string of the molecule is O=C(O)CCCNCCNCCCNCCNCCCC(=O)O. The number of carboxylic acids is 2. The van der Waals surface area contributed by atoms with Crippen LogP contribution in [0.15, 0.2) is 0 Å². The lowest BCUT2D eigenvalue weighted by atomic mass is 10.3. The molecule has 0 aromatic carbocycles. The smallest absolute Gasteiger partial charge is 0.303 e. The molecule has 8 heteroatoms. The van der Waals surface area contributed by atoms with Crippen molar-refractivity contribution < 1.29 is 19.8 Å². The molecule has 0 saturated heterocycles. The molecular weight excluding hydrogens is 300 g/mol. The zero-order valence-corrected chi connectivity index (χ0v) is 13.9. The highest BCUT2D eigenvalue weighted by Crippen LogP contribution is 1.85. The predicted molar refractivity (Wildman–Crippen MR) is 89.8 cm³/mol. The Bertz CT molecular complexity index is 275. The van der Waals surface area contributed by atoms with Crippen LogP contribution in [-0.4, -0.2) is 74.5 Å². The summed E-state index contributed by atoms with van der Waals surface area (Å²) in [5.74, 6) is -1.49. The molecule has 0 unspecified atom stereocenters. The normalized spacial score (nSPS) is 10.8. The van der Waals surface area contributed by atoms with E-state index in [1.807, 2.05) is 0 Å². The average molecular weight is 332 g/mol. The highest BCUT2D eigenvalue weighted by Gasteiger charge is 1.96. The summed E-state index contributed by atoms with van der Waals surface area (Å²) in [6.45, 7) is 6.88. The lowest BCUT2D eigenvalue weighted by Crippen LogP contribution is -2.32. The number of hydrogen-bond acceptors (Lipinski definition) is 6. The number of rotatable bonds is 18. The van der Waals surface area contributed by atoms with E-state index in [-0.39, 0.29) is 12.8 Å². The minimum absolute atomic E-state index is 0.223. The van der Waals surface area contributed by atoms with Crippen LogP contribution in [0, 0.1) is 0 Å². The molecule has 0 fully saturated rings. The maximum absolute atomic E-state index is 10.3. The highest BCUT2D eigenvalue weighted by atomic mass is 16.4. The standard InChI is InChI=1S/C15H32N4O4/c20-14(21)4-1-6-16-10-12-18-8-3-9-19-13-11-17-7-2-5-15(22)23/h16-19H,1-13H2,(H,20,21)(H,22,23). The summed E-state index contributed by atoms with van der Waals surface area (Å²) in [6, 6.07) is 0. The van der Waals surface area contributed by atoms with Crippen molar-refractivity contribution in [2.75, 3.05) is 52.4 Å². The third-order valence-corrected chi connectivity index (χ3v) is 3.15. The Labute approximate surface area is 138 Å². The summed E-state index contributed by atoms with van der Waals surface area (Å²) in [6.07, 6.45) is 2.84. The van der Waals surface area contributed by atoms with Gasteiger partial charge in [-0.15, -0.1) is 0 Å². The molecule has 0 aromatic heterocycles. The van der Waals surface area contributed by atoms with E-state index in [1.54, 1.807) is 0 Å². The van der Waals surface area contributed by atoms with E-state index in [4.69, 9.17) is 10.2 Å². The maximum atomic E-state index is 10.3. The molecule has 0 rings (SSSR count). The molecule has 8 nitrogen and oxygen atoms in total. The lowest BCUT2D eigenvalue weighted by molar-refractivity contribution is -0.138. The van der Waals surface area contributed by atoms with Crippen LogP contribution in [0.2, 0.25) is 0 Å². The van der Waals surface area contributed by atoms with Gasteiger partial charge in [-0.1, -0.05) is 0 Å². The zero-order chi connectivity index (χ0) is 17.2. The largest absolute Gasteiger partial charge is 0.481 e. The first-order valence-electron chi connectivity index (χ1n) is 8.39. The van der Waals surface area contributed by atoms with Crippen molar-refractivity contribution in [1.82, 2.24) is 21.3 Å². The maximum Gasteiger partial charge on any atom is 0.303 e. The fourth-order valence-corrected chi connectivity index (χ4v) is 1.92.